The number of carbonyl (C=O) groups excluding carboxylic acids is 1. The number of methoxy groups -OCH3 is 1. The van der Waals surface area contributed by atoms with Gasteiger partial charge < -0.3 is 10.1 Å². The molecule has 1 amide bonds. The first-order valence-corrected chi connectivity index (χ1v) is 12.5. The lowest BCUT2D eigenvalue weighted by Crippen LogP contribution is -2.22. The van der Waals surface area contributed by atoms with Gasteiger partial charge in [-0.05, 0) is 45.0 Å². The topological polar surface area (TPSA) is 75.0 Å². The second kappa shape index (κ2) is 11.1. The number of nitrogens with zero attached hydrogens (tertiary/aromatic N) is 2. The SMILES string of the molecule is COc1ccccc1-c1cc(-c2ccc(C)cc2)nc(SC(C)C(=O)Nc2ccc(C)cc2)c1C#N. The molecular formula is C30H27N3O2S. The van der Waals surface area contributed by atoms with Crippen molar-refractivity contribution in [2.75, 3.05) is 12.4 Å². The summed E-state index contributed by atoms with van der Waals surface area (Å²) >= 11 is 1.27. The van der Waals surface area contributed by atoms with Crippen LogP contribution in [0, 0.1) is 25.2 Å². The summed E-state index contributed by atoms with van der Waals surface area (Å²) in [6.07, 6.45) is 0. The highest BCUT2D eigenvalue weighted by Gasteiger charge is 2.22. The van der Waals surface area contributed by atoms with Crippen molar-refractivity contribution in [3.05, 3.63) is 95.6 Å². The molecule has 1 N–H and O–H groups in total. The number of carbonyl (C=O) groups is 1. The third-order valence-electron chi connectivity index (χ3n) is 5.82. The van der Waals surface area contributed by atoms with E-state index in [1.807, 2.05) is 99.6 Å². The number of aryl methyl sites for hydroxylation is 2. The van der Waals surface area contributed by atoms with Gasteiger partial charge in [0.25, 0.3) is 0 Å². The quantitative estimate of drug-likeness (QED) is 0.280. The number of ether oxygens (including phenoxy) is 1. The van der Waals surface area contributed by atoms with Crippen LogP contribution in [0.4, 0.5) is 5.69 Å². The molecule has 3 aromatic carbocycles. The van der Waals surface area contributed by atoms with Crippen LogP contribution in [0.5, 0.6) is 5.75 Å². The second-order valence-electron chi connectivity index (χ2n) is 8.53. The number of aromatic nitrogens is 1. The van der Waals surface area contributed by atoms with Gasteiger partial charge in [0.1, 0.15) is 16.8 Å². The van der Waals surface area contributed by atoms with Crippen LogP contribution in [0.15, 0.2) is 83.9 Å². The van der Waals surface area contributed by atoms with E-state index < -0.39 is 5.25 Å². The molecule has 0 saturated heterocycles. The zero-order valence-electron chi connectivity index (χ0n) is 20.7. The molecule has 6 heteroatoms. The highest BCUT2D eigenvalue weighted by Crippen LogP contribution is 2.39. The Morgan fingerprint density at radius 3 is 2.25 bits per heavy atom. The standard InChI is InChI=1S/C30H27N3O2S/c1-19-9-13-22(14-10-19)27-17-25(24-7-5-6-8-28(24)35-4)26(18-31)30(33-27)36-21(3)29(34)32-23-15-11-20(2)12-16-23/h5-17,21H,1-4H3,(H,32,34). The third-order valence-corrected chi connectivity index (χ3v) is 6.91. The number of pyridine rings is 1. The largest absolute Gasteiger partial charge is 0.496 e. The van der Waals surface area contributed by atoms with E-state index in [0.717, 1.165) is 33.6 Å². The Balaban J connectivity index is 1.77. The number of benzene rings is 3. The highest BCUT2D eigenvalue weighted by atomic mass is 32.2. The molecule has 0 bridgehead atoms. The van der Waals surface area contributed by atoms with Crippen LogP contribution in [-0.2, 0) is 4.79 Å². The van der Waals surface area contributed by atoms with Crippen LogP contribution in [0.25, 0.3) is 22.4 Å². The zero-order chi connectivity index (χ0) is 25.7. The second-order valence-corrected chi connectivity index (χ2v) is 9.86. The summed E-state index contributed by atoms with van der Waals surface area (Å²) < 4.78 is 5.59. The number of para-hydroxylation sites is 1. The fraction of sp³-hybridized carbons (Fsp3) is 0.167. The summed E-state index contributed by atoms with van der Waals surface area (Å²) in [6, 6.07) is 27.6. The van der Waals surface area contributed by atoms with Gasteiger partial charge in [0.05, 0.1) is 23.6 Å². The van der Waals surface area contributed by atoms with E-state index in [1.54, 1.807) is 7.11 Å². The van der Waals surface area contributed by atoms with Crippen LogP contribution in [0.2, 0.25) is 0 Å². The van der Waals surface area contributed by atoms with E-state index >= 15 is 0 Å². The molecule has 1 unspecified atom stereocenters. The molecule has 0 saturated carbocycles. The Labute approximate surface area is 216 Å². The van der Waals surface area contributed by atoms with Crippen LogP contribution >= 0.6 is 11.8 Å². The van der Waals surface area contributed by atoms with Crippen molar-refractivity contribution in [3.8, 4) is 34.2 Å². The summed E-state index contributed by atoms with van der Waals surface area (Å²) in [5, 5.41) is 13.2. The Kier molecular flexibility index (Phi) is 7.72. The van der Waals surface area contributed by atoms with Gasteiger partial charge in [-0.2, -0.15) is 5.26 Å². The van der Waals surface area contributed by atoms with E-state index in [0.29, 0.717) is 21.9 Å². The van der Waals surface area contributed by atoms with Crippen molar-refractivity contribution in [2.24, 2.45) is 0 Å². The van der Waals surface area contributed by atoms with Crippen molar-refractivity contribution < 1.29 is 9.53 Å². The lowest BCUT2D eigenvalue weighted by molar-refractivity contribution is -0.115. The van der Waals surface area contributed by atoms with Gasteiger partial charge in [0.2, 0.25) is 5.91 Å². The third kappa shape index (κ3) is 5.59. The Morgan fingerprint density at radius 1 is 0.972 bits per heavy atom. The molecule has 0 fully saturated rings. The number of amides is 1. The average Bonchev–Trinajstić information content (AvgIpc) is 2.89. The minimum Gasteiger partial charge on any atom is -0.496 e. The molecule has 4 aromatic rings. The van der Waals surface area contributed by atoms with Crippen LogP contribution in [0.1, 0.15) is 23.6 Å². The van der Waals surface area contributed by atoms with E-state index in [9.17, 15) is 10.1 Å². The van der Waals surface area contributed by atoms with Crippen molar-refractivity contribution in [1.29, 1.82) is 5.26 Å². The summed E-state index contributed by atoms with van der Waals surface area (Å²) in [6.45, 7) is 5.85. The molecule has 36 heavy (non-hydrogen) atoms. The molecule has 0 aliphatic heterocycles. The number of hydrogen-bond donors (Lipinski definition) is 1. The van der Waals surface area contributed by atoms with Crippen molar-refractivity contribution in [3.63, 3.8) is 0 Å². The van der Waals surface area contributed by atoms with Crippen LogP contribution < -0.4 is 10.1 Å². The molecule has 1 heterocycles. The monoisotopic (exact) mass is 493 g/mol. The predicted octanol–water partition coefficient (Wildman–Crippen LogP) is 7.03. The smallest absolute Gasteiger partial charge is 0.237 e. The molecule has 1 aromatic heterocycles. The molecule has 0 aliphatic rings. The Morgan fingerprint density at radius 2 is 1.61 bits per heavy atom. The van der Waals surface area contributed by atoms with Crippen molar-refractivity contribution in [2.45, 2.75) is 31.0 Å². The molecule has 0 spiro atoms. The van der Waals surface area contributed by atoms with E-state index in [4.69, 9.17) is 9.72 Å². The van der Waals surface area contributed by atoms with Crippen molar-refractivity contribution in [1.82, 2.24) is 4.98 Å². The van der Waals surface area contributed by atoms with Gasteiger partial charge in [-0.25, -0.2) is 4.98 Å². The minimum atomic E-state index is -0.482. The molecule has 180 valence electrons. The maximum Gasteiger partial charge on any atom is 0.237 e. The van der Waals surface area contributed by atoms with E-state index in [1.165, 1.54) is 11.8 Å². The van der Waals surface area contributed by atoms with Crippen molar-refractivity contribution >= 4 is 23.4 Å². The number of thioether (sulfide) groups is 1. The molecule has 0 aliphatic carbocycles. The summed E-state index contributed by atoms with van der Waals surface area (Å²) in [7, 11) is 1.61. The summed E-state index contributed by atoms with van der Waals surface area (Å²) in [5.41, 5.74) is 6.58. The van der Waals surface area contributed by atoms with Gasteiger partial charge in [0.15, 0.2) is 0 Å². The number of nitrogens with one attached hydrogen (secondary N) is 1. The normalized spacial score (nSPS) is 11.4. The molecular weight excluding hydrogens is 466 g/mol. The van der Waals surface area contributed by atoms with Gasteiger partial charge in [-0.15, -0.1) is 0 Å². The van der Waals surface area contributed by atoms with Gasteiger partial charge in [-0.1, -0.05) is 77.5 Å². The Hall–Kier alpha value is -4.08. The fourth-order valence-corrected chi connectivity index (χ4v) is 4.69. The lowest BCUT2D eigenvalue weighted by atomic mass is 9.98. The summed E-state index contributed by atoms with van der Waals surface area (Å²) in [4.78, 5) is 17.8. The number of nitriles is 1. The zero-order valence-corrected chi connectivity index (χ0v) is 21.5. The lowest BCUT2D eigenvalue weighted by Gasteiger charge is -2.17. The first kappa shape index (κ1) is 25.0. The first-order chi connectivity index (χ1) is 17.4. The first-order valence-electron chi connectivity index (χ1n) is 11.6. The van der Waals surface area contributed by atoms with Crippen LogP contribution in [-0.4, -0.2) is 23.3 Å². The average molecular weight is 494 g/mol. The minimum absolute atomic E-state index is 0.158. The summed E-state index contributed by atoms with van der Waals surface area (Å²) in [5.74, 6) is 0.505. The fourth-order valence-electron chi connectivity index (χ4n) is 3.77. The van der Waals surface area contributed by atoms with Crippen LogP contribution in [0.3, 0.4) is 0 Å². The van der Waals surface area contributed by atoms with Gasteiger partial charge in [-0.3, -0.25) is 4.79 Å². The highest BCUT2D eigenvalue weighted by molar-refractivity contribution is 8.00. The predicted molar refractivity (Wildman–Crippen MR) is 146 cm³/mol. The number of hydrogen-bond acceptors (Lipinski definition) is 5. The molecule has 5 nitrogen and oxygen atoms in total. The number of rotatable bonds is 7. The van der Waals surface area contributed by atoms with Gasteiger partial charge in [0, 0.05) is 22.4 Å². The Bertz CT molecular complexity index is 1420. The molecule has 1 atom stereocenters. The van der Waals surface area contributed by atoms with Gasteiger partial charge >= 0.3 is 0 Å². The van der Waals surface area contributed by atoms with E-state index in [2.05, 4.69) is 11.4 Å². The maximum atomic E-state index is 13.0. The molecule has 4 rings (SSSR count). The number of anilines is 1. The molecule has 0 radical (unpaired) electrons. The van der Waals surface area contributed by atoms with E-state index in [-0.39, 0.29) is 5.91 Å². The maximum absolute atomic E-state index is 13.0.